The van der Waals surface area contributed by atoms with Gasteiger partial charge in [-0.2, -0.15) is 4.31 Å². The van der Waals surface area contributed by atoms with E-state index in [1.54, 1.807) is 4.90 Å². The number of aromatic nitrogens is 1. The van der Waals surface area contributed by atoms with E-state index in [1.165, 1.54) is 54.1 Å². The molecule has 8 nitrogen and oxygen atoms in total. The van der Waals surface area contributed by atoms with E-state index in [0.717, 1.165) is 21.3 Å². The van der Waals surface area contributed by atoms with E-state index >= 15 is 0 Å². The summed E-state index contributed by atoms with van der Waals surface area (Å²) < 4.78 is 39.0. The van der Waals surface area contributed by atoms with Gasteiger partial charge in [0.2, 0.25) is 10.0 Å². The number of nitrogens with zero attached hydrogens (tertiary/aromatic N) is 3. The van der Waals surface area contributed by atoms with Gasteiger partial charge in [-0.3, -0.25) is 9.69 Å². The number of hydrogen-bond acceptors (Lipinski definition) is 7. The first-order valence-corrected chi connectivity index (χ1v) is 14.9. The van der Waals surface area contributed by atoms with Crippen LogP contribution in [0.5, 0.6) is 0 Å². The lowest BCUT2D eigenvalue weighted by atomic mass is 10.1. The number of ether oxygens (including phenoxy) is 2. The van der Waals surface area contributed by atoms with Gasteiger partial charge >= 0.3 is 0 Å². The molecule has 1 amide bonds. The normalized spacial score (nSPS) is 11.8. The summed E-state index contributed by atoms with van der Waals surface area (Å²) in [6, 6.07) is 19.3. The molecule has 0 aliphatic rings. The number of carbonyl (C=O) groups is 1. The second-order valence-electron chi connectivity index (χ2n) is 8.81. The number of hydrogen-bond donors (Lipinski definition) is 0. The zero-order valence-corrected chi connectivity index (χ0v) is 24.4. The maximum atomic E-state index is 13.8. The van der Waals surface area contributed by atoms with Crippen molar-refractivity contribution in [1.82, 2.24) is 9.29 Å². The number of fused-ring (bicyclic) bond motifs is 1. The zero-order chi connectivity index (χ0) is 28.0. The van der Waals surface area contributed by atoms with Crippen LogP contribution in [0.1, 0.15) is 21.5 Å². The molecule has 4 rings (SSSR count). The number of thiazole rings is 1. The number of anilines is 1. The van der Waals surface area contributed by atoms with Gasteiger partial charge in [0.15, 0.2) is 5.13 Å². The van der Waals surface area contributed by atoms with Gasteiger partial charge in [-0.1, -0.05) is 53.3 Å². The summed E-state index contributed by atoms with van der Waals surface area (Å²) >= 11 is 7.72. The molecular formula is C28H30ClN3O5S2. The molecule has 0 spiro atoms. The average Bonchev–Trinajstić information content (AvgIpc) is 3.39. The fourth-order valence-electron chi connectivity index (χ4n) is 4.01. The Balaban J connectivity index is 1.67. The summed E-state index contributed by atoms with van der Waals surface area (Å²) in [7, 11) is -0.774. The van der Waals surface area contributed by atoms with Gasteiger partial charge in [0.25, 0.3) is 5.91 Å². The third-order valence-electron chi connectivity index (χ3n) is 6.22. The monoisotopic (exact) mass is 587 g/mol. The number of aryl methyl sites for hydroxylation is 1. The van der Waals surface area contributed by atoms with Gasteiger partial charge in [0.1, 0.15) is 0 Å². The van der Waals surface area contributed by atoms with Crippen molar-refractivity contribution in [2.45, 2.75) is 18.4 Å². The number of carbonyl (C=O) groups excluding carboxylic acids is 1. The first kappa shape index (κ1) is 29.1. The van der Waals surface area contributed by atoms with Crippen LogP contribution in [-0.2, 0) is 26.0 Å². The van der Waals surface area contributed by atoms with Crippen molar-refractivity contribution in [1.29, 1.82) is 0 Å². The molecule has 0 aliphatic heterocycles. The summed E-state index contributed by atoms with van der Waals surface area (Å²) in [6.45, 7) is 3.08. The van der Waals surface area contributed by atoms with Gasteiger partial charge in [0.05, 0.1) is 34.9 Å². The molecule has 0 saturated carbocycles. The van der Waals surface area contributed by atoms with Crippen molar-refractivity contribution in [3.8, 4) is 0 Å². The van der Waals surface area contributed by atoms with E-state index in [2.05, 4.69) is 0 Å². The summed E-state index contributed by atoms with van der Waals surface area (Å²) in [5.74, 6) is -0.291. The molecule has 0 radical (unpaired) electrons. The Morgan fingerprint density at radius 3 is 2.21 bits per heavy atom. The molecule has 39 heavy (non-hydrogen) atoms. The molecule has 11 heteroatoms. The molecule has 4 aromatic rings. The Morgan fingerprint density at radius 2 is 1.59 bits per heavy atom. The molecule has 1 aromatic heterocycles. The Morgan fingerprint density at radius 1 is 0.949 bits per heavy atom. The Kier molecular flexibility index (Phi) is 9.71. The Bertz CT molecular complexity index is 1520. The fourth-order valence-corrected chi connectivity index (χ4v) is 6.59. The molecule has 0 fully saturated rings. The van der Waals surface area contributed by atoms with Gasteiger partial charge in [0, 0.05) is 37.9 Å². The minimum atomic E-state index is -3.81. The summed E-state index contributed by atoms with van der Waals surface area (Å²) in [5, 5.41) is 1.15. The fraction of sp³-hybridized carbons (Fsp3) is 0.286. The van der Waals surface area contributed by atoms with E-state index in [1.807, 2.05) is 49.4 Å². The quantitative estimate of drug-likeness (QED) is 0.221. The molecule has 206 valence electrons. The van der Waals surface area contributed by atoms with Gasteiger partial charge in [-0.05, 0) is 54.4 Å². The van der Waals surface area contributed by atoms with Crippen LogP contribution in [0.15, 0.2) is 71.6 Å². The highest BCUT2D eigenvalue weighted by Gasteiger charge is 2.26. The Labute approximate surface area is 237 Å². The van der Waals surface area contributed by atoms with Crippen LogP contribution in [0.3, 0.4) is 0 Å². The minimum absolute atomic E-state index is 0.0890. The highest BCUT2D eigenvalue weighted by Crippen LogP contribution is 2.35. The maximum Gasteiger partial charge on any atom is 0.260 e. The van der Waals surface area contributed by atoms with Crippen LogP contribution < -0.4 is 4.90 Å². The molecular weight excluding hydrogens is 558 g/mol. The second kappa shape index (κ2) is 13.0. The van der Waals surface area contributed by atoms with Crippen LogP contribution in [0.25, 0.3) is 10.2 Å². The van der Waals surface area contributed by atoms with Crippen molar-refractivity contribution in [2.24, 2.45) is 0 Å². The minimum Gasteiger partial charge on any atom is -0.383 e. The maximum absolute atomic E-state index is 13.8. The molecule has 0 aliphatic carbocycles. The van der Waals surface area contributed by atoms with Crippen LogP contribution in [0.4, 0.5) is 5.13 Å². The summed E-state index contributed by atoms with van der Waals surface area (Å²) in [4.78, 5) is 20.3. The van der Waals surface area contributed by atoms with Crippen LogP contribution in [0, 0.1) is 6.92 Å². The van der Waals surface area contributed by atoms with Crippen molar-refractivity contribution in [3.63, 3.8) is 0 Å². The molecule has 0 N–H and O–H groups in total. The second-order valence-corrected chi connectivity index (χ2v) is 12.2. The van der Waals surface area contributed by atoms with Crippen molar-refractivity contribution < 1.29 is 22.7 Å². The summed E-state index contributed by atoms with van der Waals surface area (Å²) in [5.41, 5.74) is 2.89. The van der Waals surface area contributed by atoms with Crippen LogP contribution >= 0.6 is 22.9 Å². The highest BCUT2D eigenvalue weighted by molar-refractivity contribution is 7.89. The van der Waals surface area contributed by atoms with E-state index in [0.29, 0.717) is 22.3 Å². The molecule has 0 unspecified atom stereocenters. The smallest absolute Gasteiger partial charge is 0.260 e. The molecule has 0 saturated heterocycles. The number of rotatable bonds is 12. The predicted molar refractivity (Wildman–Crippen MR) is 155 cm³/mol. The number of benzene rings is 3. The molecule has 3 aromatic carbocycles. The first-order valence-electron chi connectivity index (χ1n) is 12.3. The lowest BCUT2D eigenvalue weighted by molar-refractivity contribution is 0.0985. The van der Waals surface area contributed by atoms with Crippen molar-refractivity contribution in [3.05, 3.63) is 88.4 Å². The lowest BCUT2D eigenvalue weighted by Gasteiger charge is -2.22. The number of sulfonamides is 1. The third-order valence-corrected chi connectivity index (χ3v) is 9.59. The highest BCUT2D eigenvalue weighted by atomic mass is 35.5. The zero-order valence-electron chi connectivity index (χ0n) is 22.0. The van der Waals surface area contributed by atoms with E-state index in [-0.39, 0.29) is 37.1 Å². The van der Waals surface area contributed by atoms with Gasteiger partial charge < -0.3 is 9.47 Å². The molecule has 1 heterocycles. The third kappa shape index (κ3) is 6.66. The molecule has 0 bridgehead atoms. The average molecular weight is 588 g/mol. The SMILES string of the molecule is COCCN(CCOC)S(=O)(=O)c1ccc(C(=O)N(Cc2ccccc2)c2nc3c(C)c(Cl)ccc3s2)cc1. The summed E-state index contributed by atoms with van der Waals surface area (Å²) in [6.07, 6.45) is 0. The topological polar surface area (TPSA) is 89.0 Å². The largest absolute Gasteiger partial charge is 0.383 e. The van der Waals surface area contributed by atoms with Crippen molar-refractivity contribution in [2.75, 3.05) is 45.4 Å². The van der Waals surface area contributed by atoms with Gasteiger partial charge in [-0.25, -0.2) is 13.4 Å². The standard InChI is InChI=1S/C28H30ClN3O5S2/c1-20-24(29)13-14-25-26(20)30-28(38-25)32(19-21-7-5-4-6-8-21)27(33)22-9-11-23(12-10-22)39(34,35)31(15-17-36-2)16-18-37-3/h4-14H,15-19H2,1-3H3. The van der Waals surface area contributed by atoms with Crippen LogP contribution in [-0.4, -0.2) is 64.1 Å². The predicted octanol–water partition coefficient (Wildman–Crippen LogP) is 5.39. The number of amides is 1. The van der Waals surface area contributed by atoms with Crippen LogP contribution in [0.2, 0.25) is 5.02 Å². The van der Waals surface area contributed by atoms with Crippen molar-refractivity contribution >= 4 is 54.2 Å². The van der Waals surface area contributed by atoms with E-state index < -0.39 is 10.0 Å². The van der Waals surface area contributed by atoms with Gasteiger partial charge in [-0.15, -0.1) is 0 Å². The van der Waals surface area contributed by atoms with E-state index in [9.17, 15) is 13.2 Å². The van der Waals surface area contributed by atoms with E-state index in [4.69, 9.17) is 26.1 Å². The number of methoxy groups -OCH3 is 2. The molecule has 0 atom stereocenters. The first-order chi connectivity index (χ1) is 18.8. The number of halogens is 1. The lowest BCUT2D eigenvalue weighted by Crippen LogP contribution is -2.36. The Hall–Kier alpha value is -2.86.